The number of carbonyl (C=O) groups excluding carboxylic acids is 1. The van der Waals surface area contributed by atoms with Gasteiger partial charge in [0, 0.05) is 43.9 Å². The van der Waals surface area contributed by atoms with Gasteiger partial charge in [-0.15, -0.1) is 0 Å². The molecule has 0 aromatic heterocycles. The van der Waals surface area contributed by atoms with Gasteiger partial charge < -0.3 is 15.1 Å². The molecule has 1 fully saturated rings. The van der Waals surface area contributed by atoms with Crippen molar-refractivity contribution in [2.45, 2.75) is 6.54 Å². The fraction of sp³-hybridized carbons (Fsp3) is 0.316. The zero-order chi connectivity index (χ0) is 17.6. The fourth-order valence-electron chi connectivity index (χ4n) is 2.79. The van der Waals surface area contributed by atoms with Crippen molar-refractivity contribution in [2.24, 2.45) is 0 Å². The minimum atomic E-state index is -0.151. The van der Waals surface area contributed by atoms with Crippen LogP contribution >= 0.6 is 23.4 Å². The molecule has 2 amide bonds. The van der Waals surface area contributed by atoms with Crippen molar-refractivity contribution in [3.63, 3.8) is 0 Å². The van der Waals surface area contributed by atoms with Gasteiger partial charge in [0.05, 0.1) is 10.7 Å². The van der Waals surface area contributed by atoms with E-state index in [9.17, 15) is 4.79 Å². The van der Waals surface area contributed by atoms with E-state index in [1.165, 1.54) is 0 Å². The Morgan fingerprint density at radius 1 is 1.20 bits per heavy atom. The number of amides is 2. The number of thioether (sulfide) groups is 1. The Labute approximate surface area is 158 Å². The van der Waals surface area contributed by atoms with Crippen LogP contribution < -0.4 is 10.2 Å². The Morgan fingerprint density at radius 3 is 2.60 bits per heavy atom. The molecule has 0 spiro atoms. The van der Waals surface area contributed by atoms with Crippen molar-refractivity contribution in [1.29, 1.82) is 0 Å². The molecule has 1 heterocycles. The Hall–Kier alpha value is -1.85. The molecule has 0 aliphatic carbocycles. The van der Waals surface area contributed by atoms with Crippen LogP contribution in [-0.4, -0.2) is 42.6 Å². The van der Waals surface area contributed by atoms with Crippen molar-refractivity contribution >= 4 is 40.8 Å². The fourth-order valence-corrected chi connectivity index (χ4v) is 4.00. The van der Waals surface area contributed by atoms with Crippen LogP contribution in [0.4, 0.5) is 16.2 Å². The predicted molar refractivity (Wildman–Crippen MR) is 108 cm³/mol. The van der Waals surface area contributed by atoms with Gasteiger partial charge in [-0.25, -0.2) is 4.79 Å². The van der Waals surface area contributed by atoms with Crippen molar-refractivity contribution < 1.29 is 4.79 Å². The number of urea groups is 1. The number of rotatable bonds is 4. The average molecular weight is 376 g/mol. The summed E-state index contributed by atoms with van der Waals surface area (Å²) in [6.07, 6.45) is 0. The quantitative estimate of drug-likeness (QED) is 0.851. The first-order valence-electron chi connectivity index (χ1n) is 8.32. The average Bonchev–Trinajstić information content (AvgIpc) is 2.63. The molecule has 1 saturated heterocycles. The number of benzene rings is 2. The Balaban J connectivity index is 1.62. The number of carbonyl (C=O) groups is 1. The maximum Gasteiger partial charge on any atom is 0.321 e. The topological polar surface area (TPSA) is 35.6 Å². The van der Waals surface area contributed by atoms with Gasteiger partial charge >= 0.3 is 6.03 Å². The summed E-state index contributed by atoms with van der Waals surface area (Å²) in [6, 6.07) is 15.5. The summed E-state index contributed by atoms with van der Waals surface area (Å²) in [5, 5.41) is 3.59. The predicted octanol–water partition coefficient (Wildman–Crippen LogP) is 4.56. The Morgan fingerprint density at radius 2 is 1.92 bits per heavy atom. The van der Waals surface area contributed by atoms with Gasteiger partial charge in [-0.2, -0.15) is 11.8 Å². The van der Waals surface area contributed by atoms with E-state index in [0.29, 0.717) is 17.3 Å². The monoisotopic (exact) mass is 375 g/mol. The van der Waals surface area contributed by atoms with E-state index in [2.05, 4.69) is 10.2 Å². The highest BCUT2D eigenvalue weighted by molar-refractivity contribution is 7.99. The zero-order valence-electron chi connectivity index (χ0n) is 14.2. The molecule has 2 aromatic carbocycles. The molecule has 0 bridgehead atoms. The number of hydrogen-bond donors (Lipinski definition) is 1. The minimum Gasteiger partial charge on any atom is -0.369 e. The first-order valence-corrected chi connectivity index (χ1v) is 9.85. The van der Waals surface area contributed by atoms with E-state index in [-0.39, 0.29) is 6.03 Å². The van der Waals surface area contributed by atoms with E-state index in [4.69, 9.17) is 11.6 Å². The SMILES string of the molecule is CN(Cc1ccccc1)C(=O)Nc1ccc(N2CCSCC2)c(Cl)c1. The number of hydrogen-bond acceptors (Lipinski definition) is 3. The highest BCUT2D eigenvalue weighted by Crippen LogP contribution is 2.30. The van der Waals surface area contributed by atoms with Crippen molar-refractivity contribution in [1.82, 2.24) is 4.90 Å². The highest BCUT2D eigenvalue weighted by atomic mass is 35.5. The van der Waals surface area contributed by atoms with Crippen LogP contribution in [0.25, 0.3) is 0 Å². The van der Waals surface area contributed by atoms with E-state index in [1.54, 1.807) is 11.9 Å². The first-order chi connectivity index (χ1) is 12.1. The van der Waals surface area contributed by atoms with Crippen LogP contribution in [0, 0.1) is 0 Å². The number of anilines is 2. The molecule has 6 heteroatoms. The van der Waals surface area contributed by atoms with Crippen LogP contribution in [0.5, 0.6) is 0 Å². The van der Waals surface area contributed by atoms with Gasteiger partial charge in [0.25, 0.3) is 0 Å². The van der Waals surface area contributed by atoms with Crippen molar-refractivity contribution in [3.8, 4) is 0 Å². The summed E-state index contributed by atoms with van der Waals surface area (Å²) < 4.78 is 0. The van der Waals surface area contributed by atoms with Crippen molar-refractivity contribution in [3.05, 3.63) is 59.1 Å². The minimum absolute atomic E-state index is 0.151. The molecule has 1 aliphatic heterocycles. The van der Waals surface area contributed by atoms with E-state index < -0.39 is 0 Å². The van der Waals surface area contributed by atoms with Gasteiger partial charge in [-0.3, -0.25) is 0 Å². The van der Waals surface area contributed by atoms with Crippen LogP contribution in [0.2, 0.25) is 5.02 Å². The lowest BCUT2D eigenvalue weighted by atomic mass is 10.2. The number of nitrogens with one attached hydrogen (secondary N) is 1. The molecule has 4 nitrogen and oxygen atoms in total. The number of nitrogens with zero attached hydrogens (tertiary/aromatic N) is 2. The van der Waals surface area contributed by atoms with Gasteiger partial charge in [-0.05, 0) is 23.8 Å². The molecule has 1 N–H and O–H groups in total. The molecule has 3 rings (SSSR count). The molecule has 0 atom stereocenters. The highest BCUT2D eigenvalue weighted by Gasteiger charge is 2.15. The molecule has 25 heavy (non-hydrogen) atoms. The van der Waals surface area contributed by atoms with Gasteiger partial charge in [0.1, 0.15) is 0 Å². The second kappa shape index (κ2) is 8.50. The molecule has 0 radical (unpaired) electrons. The van der Waals surface area contributed by atoms with Crippen LogP contribution in [0.15, 0.2) is 48.5 Å². The third kappa shape index (κ3) is 4.83. The summed E-state index contributed by atoms with van der Waals surface area (Å²) in [5.41, 5.74) is 2.85. The van der Waals surface area contributed by atoms with Crippen LogP contribution in [0.1, 0.15) is 5.56 Å². The summed E-state index contributed by atoms with van der Waals surface area (Å²) in [4.78, 5) is 16.3. The molecular weight excluding hydrogens is 354 g/mol. The maximum absolute atomic E-state index is 12.4. The number of halogens is 1. The lowest BCUT2D eigenvalue weighted by Gasteiger charge is -2.29. The van der Waals surface area contributed by atoms with Crippen LogP contribution in [0.3, 0.4) is 0 Å². The van der Waals surface area contributed by atoms with Gasteiger partial charge in [-0.1, -0.05) is 41.9 Å². The Kier molecular flexibility index (Phi) is 6.10. The summed E-state index contributed by atoms with van der Waals surface area (Å²) in [5.74, 6) is 2.25. The zero-order valence-corrected chi connectivity index (χ0v) is 15.8. The third-order valence-electron chi connectivity index (χ3n) is 4.16. The van der Waals surface area contributed by atoms with Gasteiger partial charge in [0.2, 0.25) is 0 Å². The summed E-state index contributed by atoms with van der Waals surface area (Å²) in [7, 11) is 1.78. The summed E-state index contributed by atoms with van der Waals surface area (Å²) >= 11 is 8.41. The summed E-state index contributed by atoms with van der Waals surface area (Å²) in [6.45, 7) is 2.58. The smallest absolute Gasteiger partial charge is 0.321 e. The third-order valence-corrected chi connectivity index (χ3v) is 5.41. The second-order valence-corrected chi connectivity index (χ2v) is 7.67. The maximum atomic E-state index is 12.4. The molecule has 132 valence electrons. The first kappa shape index (κ1) is 18.0. The normalized spacial score (nSPS) is 14.2. The molecule has 0 saturated carbocycles. The molecular formula is C19H22ClN3OS. The van der Waals surface area contributed by atoms with E-state index >= 15 is 0 Å². The lowest BCUT2D eigenvalue weighted by molar-refractivity contribution is 0.220. The Bertz CT molecular complexity index is 720. The van der Waals surface area contributed by atoms with E-state index in [0.717, 1.165) is 35.8 Å². The molecule has 0 unspecified atom stereocenters. The largest absolute Gasteiger partial charge is 0.369 e. The standard InChI is InChI=1S/C19H22ClN3OS/c1-22(14-15-5-3-2-4-6-15)19(24)21-16-7-8-18(17(20)13-16)23-9-11-25-12-10-23/h2-8,13H,9-12,14H2,1H3,(H,21,24). The van der Waals surface area contributed by atoms with Crippen LogP contribution in [-0.2, 0) is 6.54 Å². The van der Waals surface area contributed by atoms with Crippen molar-refractivity contribution in [2.75, 3.05) is 41.9 Å². The molecule has 2 aromatic rings. The lowest BCUT2D eigenvalue weighted by Crippen LogP contribution is -2.33. The second-order valence-electron chi connectivity index (χ2n) is 6.04. The molecule has 1 aliphatic rings. The van der Waals surface area contributed by atoms with Gasteiger partial charge in [0.15, 0.2) is 0 Å². The van der Waals surface area contributed by atoms with E-state index in [1.807, 2.05) is 60.3 Å².